The number of sulfonamides is 1. The number of nitrogens with one attached hydrogen (secondary N) is 1. The number of nitrogens with two attached hydrogens (primary N) is 1. The topological polar surface area (TPSA) is 92.5 Å². The molecule has 1 fully saturated rings. The third kappa shape index (κ3) is 6.87. The molecule has 1 aliphatic heterocycles. The van der Waals surface area contributed by atoms with E-state index >= 15 is 0 Å². The third-order valence-electron chi connectivity index (χ3n) is 4.45. The van der Waals surface area contributed by atoms with Crippen molar-refractivity contribution >= 4 is 28.3 Å². The Labute approximate surface area is 163 Å². The van der Waals surface area contributed by atoms with Crippen LogP contribution < -0.4 is 11.1 Å². The molecule has 148 valence electrons. The van der Waals surface area contributed by atoms with E-state index in [9.17, 15) is 13.2 Å². The minimum absolute atomic E-state index is 0. The van der Waals surface area contributed by atoms with Gasteiger partial charge in [-0.3, -0.25) is 4.79 Å². The quantitative estimate of drug-likeness (QED) is 0.727. The number of hydrogen-bond donors (Lipinski definition) is 2. The number of hydrogen-bond acceptors (Lipinski definition) is 4. The van der Waals surface area contributed by atoms with Gasteiger partial charge < -0.3 is 11.1 Å². The summed E-state index contributed by atoms with van der Waals surface area (Å²) < 4.78 is 26.6. The fraction of sp³-hybridized carbons (Fsp3) is 0.611. The molecule has 6 nitrogen and oxygen atoms in total. The predicted molar refractivity (Wildman–Crippen MR) is 106 cm³/mol. The Morgan fingerprint density at radius 2 is 1.81 bits per heavy atom. The van der Waals surface area contributed by atoms with E-state index in [4.69, 9.17) is 5.73 Å². The highest BCUT2D eigenvalue weighted by molar-refractivity contribution is 7.88. The van der Waals surface area contributed by atoms with E-state index < -0.39 is 16.1 Å². The van der Waals surface area contributed by atoms with Crippen molar-refractivity contribution in [1.29, 1.82) is 0 Å². The summed E-state index contributed by atoms with van der Waals surface area (Å²) in [7, 11) is -3.32. The Balaban J connectivity index is 0.00000338. The first-order valence-electron chi connectivity index (χ1n) is 8.85. The van der Waals surface area contributed by atoms with Gasteiger partial charge in [-0.15, -0.1) is 12.4 Å². The van der Waals surface area contributed by atoms with Gasteiger partial charge in [0.25, 0.3) is 0 Å². The van der Waals surface area contributed by atoms with Crippen molar-refractivity contribution < 1.29 is 13.2 Å². The molecule has 0 aliphatic carbocycles. The van der Waals surface area contributed by atoms with Crippen LogP contribution in [0.5, 0.6) is 0 Å². The lowest BCUT2D eigenvalue weighted by Crippen LogP contribution is -2.50. The molecule has 0 radical (unpaired) electrons. The summed E-state index contributed by atoms with van der Waals surface area (Å²) in [5.74, 6) is 0.245. The molecule has 0 bridgehead atoms. The summed E-state index contributed by atoms with van der Waals surface area (Å²) in [4.78, 5) is 12.1. The molecule has 8 heteroatoms. The molecule has 0 aromatic heterocycles. The second-order valence-electron chi connectivity index (χ2n) is 7.16. The number of piperidine rings is 1. The molecule has 1 aromatic carbocycles. The Morgan fingerprint density at radius 1 is 1.23 bits per heavy atom. The Morgan fingerprint density at radius 3 is 2.35 bits per heavy atom. The second-order valence-corrected chi connectivity index (χ2v) is 9.13. The Bertz CT molecular complexity index is 660. The van der Waals surface area contributed by atoms with Crippen molar-refractivity contribution in [2.24, 2.45) is 11.7 Å². The highest BCUT2D eigenvalue weighted by Gasteiger charge is 2.29. The largest absolute Gasteiger partial charge is 0.352 e. The van der Waals surface area contributed by atoms with Gasteiger partial charge in [0, 0.05) is 19.1 Å². The van der Waals surface area contributed by atoms with Crippen molar-refractivity contribution in [2.75, 3.05) is 13.1 Å². The molecule has 0 unspecified atom stereocenters. The van der Waals surface area contributed by atoms with Gasteiger partial charge >= 0.3 is 0 Å². The first kappa shape index (κ1) is 22.9. The maximum atomic E-state index is 12.5. The molecule has 1 amide bonds. The standard InChI is InChI=1S/C18H29N3O3S.ClH/c1-14(2)12-17(19)18(22)20-16-8-10-21(11-9-16)25(23,24)13-15-6-4-3-5-7-15;/h3-7,14,16-17H,8-13,19H2,1-2H3,(H,20,22);1H/t17-;/m0./s1. The van der Waals surface area contributed by atoms with Gasteiger partial charge in [0.15, 0.2) is 0 Å². The monoisotopic (exact) mass is 403 g/mol. The van der Waals surface area contributed by atoms with Crippen molar-refractivity contribution in [1.82, 2.24) is 9.62 Å². The lowest BCUT2D eigenvalue weighted by Gasteiger charge is -2.32. The van der Waals surface area contributed by atoms with E-state index in [0.717, 1.165) is 5.56 Å². The zero-order valence-corrected chi connectivity index (χ0v) is 17.1. The molecule has 1 atom stereocenters. The predicted octanol–water partition coefficient (Wildman–Crippen LogP) is 1.89. The Hall–Kier alpha value is -1.15. The summed E-state index contributed by atoms with van der Waals surface area (Å²) in [5, 5.41) is 2.96. The van der Waals surface area contributed by atoms with Gasteiger partial charge in [0.05, 0.1) is 11.8 Å². The zero-order valence-electron chi connectivity index (χ0n) is 15.4. The first-order chi connectivity index (χ1) is 11.8. The maximum Gasteiger partial charge on any atom is 0.237 e. The van der Waals surface area contributed by atoms with E-state index in [2.05, 4.69) is 5.32 Å². The number of amides is 1. The van der Waals surface area contributed by atoms with Crippen molar-refractivity contribution in [3.05, 3.63) is 35.9 Å². The molecule has 0 saturated carbocycles. The molecule has 1 aliphatic rings. The van der Waals surface area contributed by atoms with Crippen LogP contribution >= 0.6 is 12.4 Å². The van der Waals surface area contributed by atoms with Crippen LogP contribution in [-0.4, -0.2) is 43.8 Å². The number of carbonyl (C=O) groups is 1. The average Bonchev–Trinajstić information content (AvgIpc) is 2.55. The maximum absolute atomic E-state index is 12.5. The van der Waals surface area contributed by atoms with E-state index in [-0.39, 0.29) is 30.1 Å². The summed E-state index contributed by atoms with van der Waals surface area (Å²) in [5.41, 5.74) is 6.69. The lowest BCUT2D eigenvalue weighted by atomic mass is 10.0. The second kappa shape index (κ2) is 10.3. The lowest BCUT2D eigenvalue weighted by molar-refractivity contribution is -0.123. The van der Waals surface area contributed by atoms with Crippen molar-refractivity contribution in [3.8, 4) is 0 Å². The normalized spacial score (nSPS) is 17.5. The first-order valence-corrected chi connectivity index (χ1v) is 10.5. The molecule has 1 aromatic rings. The van der Waals surface area contributed by atoms with Crippen LogP contribution in [0.15, 0.2) is 30.3 Å². The molecule has 1 saturated heterocycles. The minimum Gasteiger partial charge on any atom is -0.352 e. The number of benzene rings is 1. The summed E-state index contributed by atoms with van der Waals surface area (Å²) in [6.45, 7) is 4.92. The highest BCUT2D eigenvalue weighted by Crippen LogP contribution is 2.18. The van der Waals surface area contributed by atoms with Crippen LogP contribution in [0.2, 0.25) is 0 Å². The summed E-state index contributed by atoms with van der Waals surface area (Å²) in [6.07, 6.45) is 1.89. The van der Waals surface area contributed by atoms with Gasteiger partial charge in [-0.05, 0) is 30.7 Å². The summed E-state index contributed by atoms with van der Waals surface area (Å²) in [6, 6.07) is 8.68. The average molecular weight is 404 g/mol. The SMILES string of the molecule is CC(C)C[C@H](N)C(=O)NC1CCN(S(=O)(=O)Cc2ccccc2)CC1.Cl. The fourth-order valence-corrected chi connectivity index (χ4v) is 4.64. The molecule has 2 rings (SSSR count). The van der Waals surface area contributed by atoms with Crippen LogP contribution in [-0.2, 0) is 20.6 Å². The van der Waals surface area contributed by atoms with E-state index in [0.29, 0.717) is 38.3 Å². The van der Waals surface area contributed by atoms with E-state index in [1.807, 2.05) is 44.2 Å². The molecule has 1 heterocycles. The van der Waals surface area contributed by atoms with Crippen molar-refractivity contribution in [2.45, 2.75) is 50.9 Å². The third-order valence-corrected chi connectivity index (χ3v) is 6.30. The number of halogens is 1. The minimum atomic E-state index is -3.32. The van der Waals surface area contributed by atoms with Gasteiger partial charge in [0.1, 0.15) is 0 Å². The van der Waals surface area contributed by atoms with Gasteiger partial charge in [-0.2, -0.15) is 0 Å². The van der Waals surface area contributed by atoms with E-state index in [1.165, 1.54) is 4.31 Å². The molecule has 26 heavy (non-hydrogen) atoms. The van der Waals surface area contributed by atoms with Crippen LogP contribution in [0.3, 0.4) is 0 Å². The Kier molecular flexibility index (Phi) is 9.03. The molecule has 0 spiro atoms. The van der Waals surface area contributed by atoms with Crippen LogP contribution in [0.4, 0.5) is 0 Å². The fourth-order valence-electron chi connectivity index (χ4n) is 3.08. The number of nitrogens with zero attached hydrogens (tertiary/aromatic N) is 1. The molecule has 3 N–H and O–H groups in total. The van der Waals surface area contributed by atoms with Crippen LogP contribution in [0.1, 0.15) is 38.7 Å². The van der Waals surface area contributed by atoms with E-state index in [1.54, 1.807) is 0 Å². The summed E-state index contributed by atoms with van der Waals surface area (Å²) >= 11 is 0. The smallest absolute Gasteiger partial charge is 0.237 e. The van der Waals surface area contributed by atoms with Gasteiger partial charge in [-0.1, -0.05) is 44.2 Å². The van der Waals surface area contributed by atoms with Crippen LogP contribution in [0.25, 0.3) is 0 Å². The van der Waals surface area contributed by atoms with Gasteiger partial charge in [0.2, 0.25) is 15.9 Å². The van der Waals surface area contributed by atoms with Crippen LogP contribution in [0, 0.1) is 5.92 Å². The zero-order chi connectivity index (χ0) is 18.4. The van der Waals surface area contributed by atoms with Gasteiger partial charge in [-0.25, -0.2) is 12.7 Å². The highest BCUT2D eigenvalue weighted by atomic mass is 35.5. The number of rotatable bonds is 7. The van der Waals surface area contributed by atoms with Crippen molar-refractivity contribution in [3.63, 3.8) is 0 Å². The molecular weight excluding hydrogens is 374 g/mol. The molecular formula is C18H30ClN3O3S. The number of carbonyl (C=O) groups excluding carboxylic acids is 1.